The van der Waals surface area contributed by atoms with Crippen LogP contribution in [0.15, 0.2) is 73.1 Å². The maximum Gasteiger partial charge on any atom is 0.416 e. The van der Waals surface area contributed by atoms with Crippen LogP contribution in [0.2, 0.25) is 0 Å². The molecule has 0 fully saturated rings. The minimum atomic E-state index is -4.52. The van der Waals surface area contributed by atoms with Gasteiger partial charge in [-0.2, -0.15) is 18.4 Å². The second-order valence-corrected chi connectivity index (χ2v) is 6.22. The van der Waals surface area contributed by atoms with Crippen molar-refractivity contribution in [2.45, 2.75) is 6.18 Å². The van der Waals surface area contributed by atoms with Crippen LogP contribution in [0.25, 0.3) is 22.0 Å². The molecule has 0 saturated heterocycles. The summed E-state index contributed by atoms with van der Waals surface area (Å²) < 4.78 is 45.5. The molecular weight excluding hydrogens is 379 g/mol. The number of ether oxygens (including phenoxy) is 1. The average Bonchev–Trinajstić information content (AvgIpc) is 2.73. The van der Waals surface area contributed by atoms with Gasteiger partial charge in [-0.05, 0) is 42.0 Å². The standard InChI is InChI=1S/C22H12F3N3O/c23-22(24,25)17-5-6-18(15-3-1-2-14(10-15)12-26)20(11-17)29-21-7-4-16-13-27-9-8-19(16)28-21/h1-11,13H. The number of halogens is 3. The van der Waals surface area contributed by atoms with Gasteiger partial charge in [0.25, 0.3) is 0 Å². The zero-order valence-electron chi connectivity index (χ0n) is 14.8. The topological polar surface area (TPSA) is 58.8 Å². The van der Waals surface area contributed by atoms with Gasteiger partial charge in [0.05, 0.1) is 22.7 Å². The first-order valence-electron chi connectivity index (χ1n) is 8.54. The summed E-state index contributed by atoms with van der Waals surface area (Å²) in [5.74, 6) is 0.150. The molecule has 0 amide bonds. The van der Waals surface area contributed by atoms with Crippen LogP contribution in [-0.2, 0) is 6.18 Å². The highest BCUT2D eigenvalue weighted by atomic mass is 19.4. The molecule has 2 heterocycles. The predicted molar refractivity (Wildman–Crippen MR) is 101 cm³/mol. The maximum absolute atomic E-state index is 13.2. The Morgan fingerprint density at radius 2 is 1.83 bits per heavy atom. The van der Waals surface area contributed by atoms with Crippen molar-refractivity contribution in [3.63, 3.8) is 0 Å². The summed E-state index contributed by atoms with van der Waals surface area (Å²) in [6.07, 6.45) is -1.31. The fourth-order valence-corrected chi connectivity index (χ4v) is 2.89. The Kier molecular flexibility index (Phi) is 4.61. The van der Waals surface area contributed by atoms with Crippen molar-refractivity contribution in [3.8, 4) is 28.8 Å². The zero-order valence-corrected chi connectivity index (χ0v) is 14.8. The third-order valence-electron chi connectivity index (χ3n) is 4.29. The highest BCUT2D eigenvalue weighted by Gasteiger charge is 2.31. The van der Waals surface area contributed by atoms with Gasteiger partial charge in [-0.15, -0.1) is 0 Å². The Morgan fingerprint density at radius 1 is 0.966 bits per heavy atom. The lowest BCUT2D eigenvalue weighted by Crippen LogP contribution is -2.05. The van der Waals surface area contributed by atoms with Crippen molar-refractivity contribution in [2.24, 2.45) is 0 Å². The monoisotopic (exact) mass is 391 g/mol. The smallest absolute Gasteiger partial charge is 0.416 e. The van der Waals surface area contributed by atoms with Crippen LogP contribution in [0.4, 0.5) is 13.2 Å². The first-order chi connectivity index (χ1) is 13.9. The van der Waals surface area contributed by atoms with Crippen LogP contribution in [-0.4, -0.2) is 9.97 Å². The van der Waals surface area contributed by atoms with Crippen molar-refractivity contribution < 1.29 is 17.9 Å². The van der Waals surface area contributed by atoms with Gasteiger partial charge >= 0.3 is 6.18 Å². The van der Waals surface area contributed by atoms with Crippen LogP contribution in [0.1, 0.15) is 11.1 Å². The van der Waals surface area contributed by atoms with E-state index in [0.29, 0.717) is 22.2 Å². The number of hydrogen-bond acceptors (Lipinski definition) is 4. The van der Waals surface area contributed by atoms with Crippen LogP contribution < -0.4 is 4.74 Å². The van der Waals surface area contributed by atoms with Crippen molar-refractivity contribution in [2.75, 3.05) is 0 Å². The molecule has 0 saturated carbocycles. The van der Waals surface area contributed by atoms with E-state index in [0.717, 1.165) is 17.5 Å². The number of pyridine rings is 2. The molecule has 142 valence electrons. The number of nitrogens with zero attached hydrogens (tertiary/aromatic N) is 3. The van der Waals surface area contributed by atoms with Gasteiger partial charge in [0, 0.05) is 29.4 Å². The second kappa shape index (κ2) is 7.24. The lowest BCUT2D eigenvalue weighted by molar-refractivity contribution is -0.137. The van der Waals surface area contributed by atoms with E-state index in [1.54, 1.807) is 54.9 Å². The Hall–Kier alpha value is -3.92. The van der Waals surface area contributed by atoms with Crippen molar-refractivity contribution >= 4 is 10.9 Å². The van der Waals surface area contributed by atoms with E-state index in [4.69, 9.17) is 10.00 Å². The predicted octanol–water partition coefficient (Wildman–Crippen LogP) is 5.98. The first kappa shape index (κ1) is 18.4. The van der Waals surface area contributed by atoms with E-state index >= 15 is 0 Å². The fraction of sp³-hybridized carbons (Fsp3) is 0.0455. The number of alkyl halides is 3. The van der Waals surface area contributed by atoms with E-state index in [9.17, 15) is 13.2 Å². The molecule has 0 bridgehead atoms. The number of hydrogen-bond donors (Lipinski definition) is 0. The average molecular weight is 391 g/mol. The Labute approximate surface area is 163 Å². The largest absolute Gasteiger partial charge is 0.438 e. The number of fused-ring (bicyclic) bond motifs is 1. The Balaban J connectivity index is 1.82. The fourth-order valence-electron chi connectivity index (χ4n) is 2.89. The summed E-state index contributed by atoms with van der Waals surface area (Å²) in [7, 11) is 0. The van der Waals surface area contributed by atoms with Crippen molar-refractivity contribution in [1.82, 2.24) is 9.97 Å². The minimum Gasteiger partial charge on any atom is -0.438 e. The first-order valence-corrected chi connectivity index (χ1v) is 8.54. The van der Waals surface area contributed by atoms with E-state index in [1.807, 2.05) is 6.07 Å². The van der Waals surface area contributed by atoms with E-state index in [2.05, 4.69) is 9.97 Å². The Morgan fingerprint density at radius 3 is 2.62 bits per heavy atom. The van der Waals surface area contributed by atoms with Crippen LogP contribution in [0.3, 0.4) is 0 Å². The van der Waals surface area contributed by atoms with Crippen LogP contribution in [0, 0.1) is 11.3 Å². The normalized spacial score (nSPS) is 11.2. The molecule has 7 heteroatoms. The van der Waals surface area contributed by atoms with E-state index in [1.165, 1.54) is 6.07 Å². The molecule has 0 aliphatic heterocycles. The minimum absolute atomic E-state index is 0.00387. The zero-order chi connectivity index (χ0) is 20.4. The van der Waals surface area contributed by atoms with Crippen LogP contribution >= 0.6 is 0 Å². The molecule has 0 radical (unpaired) electrons. The molecule has 0 aliphatic rings. The molecule has 0 unspecified atom stereocenters. The third kappa shape index (κ3) is 3.87. The summed E-state index contributed by atoms with van der Waals surface area (Å²) in [6, 6.07) is 16.8. The Bertz CT molecular complexity index is 1250. The van der Waals surface area contributed by atoms with Gasteiger partial charge in [-0.3, -0.25) is 4.98 Å². The molecule has 0 aliphatic carbocycles. The number of benzene rings is 2. The van der Waals surface area contributed by atoms with Gasteiger partial charge in [0.2, 0.25) is 5.88 Å². The summed E-state index contributed by atoms with van der Waals surface area (Å²) in [5.41, 5.74) is 1.16. The molecule has 0 N–H and O–H groups in total. The summed E-state index contributed by atoms with van der Waals surface area (Å²) >= 11 is 0. The number of aromatic nitrogens is 2. The summed E-state index contributed by atoms with van der Waals surface area (Å²) in [5, 5.41) is 9.90. The second-order valence-electron chi connectivity index (χ2n) is 6.22. The molecule has 4 rings (SSSR count). The number of nitriles is 1. The molecule has 0 spiro atoms. The van der Waals surface area contributed by atoms with Crippen LogP contribution in [0.5, 0.6) is 11.6 Å². The lowest BCUT2D eigenvalue weighted by Gasteiger charge is -2.15. The quantitative estimate of drug-likeness (QED) is 0.431. The highest BCUT2D eigenvalue weighted by Crippen LogP contribution is 2.39. The van der Waals surface area contributed by atoms with Crippen molar-refractivity contribution in [3.05, 3.63) is 84.2 Å². The lowest BCUT2D eigenvalue weighted by atomic mass is 10.0. The van der Waals surface area contributed by atoms with Gasteiger partial charge in [0.15, 0.2) is 0 Å². The molecule has 29 heavy (non-hydrogen) atoms. The van der Waals surface area contributed by atoms with Crippen molar-refractivity contribution in [1.29, 1.82) is 5.26 Å². The van der Waals surface area contributed by atoms with Gasteiger partial charge in [-0.25, -0.2) is 4.98 Å². The van der Waals surface area contributed by atoms with Gasteiger partial charge < -0.3 is 4.74 Å². The van der Waals surface area contributed by atoms with Gasteiger partial charge in [-0.1, -0.05) is 18.2 Å². The molecule has 0 atom stereocenters. The maximum atomic E-state index is 13.2. The molecule has 4 nitrogen and oxygen atoms in total. The van der Waals surface area contributed by atoms with E-state index in [-0.39, 0.29) is 11.6 Å². The highest BCUT2D eigenvalue weighted by molar-refractivity contribution is 5.78. The SMILES string of the molecule is N#Cc1cccc(-c2ccc(C(F)(F)F)cc2Oc2ccc3cnccc3n2)c1. The van der Waals surface area contributed by atoms with Gasteiger partial charge in [0.1, 0.15) is 5.75 Å². The molecule has 2 aromatic carbocycles. The molecule has 2 aromatic heterocycles. The summed E-state index contributed by atoms with van der Waals surface area (Å²) in [4.78, 5) is 8.34. The summed E-state index contributed by atoms with van der Waals surface area (Å²) in [6.45, 7) is 0. The van der Waals surface area contributed by atoms with E-state index < -0.39 is 11.7 Å². The molecule has 4 aromatic rings. The molecular formula is C22H12F3N3O. The third-order valence-corrected chi connectivity index (χ3v) is 4.29. The number of rotatable bonds is 3.